The highest BCUT2D eigenvalue weighted by molar-refractivity contribution is 7.26. The number of benzene rings is 8. The van der Waals surface area contributed by atoms with Crippen molar-refractivity contribution in [2.24, 2.45) is 4.99 Å². The van der Waals surface area contributed by atoms with E-state index in [1.165, 1.54) is 84.5 Å². The lowest BCUT2D eigenvalue weighted by atomic mass is 10.0. The molecule has 12 rings (SSSR count). The minimum absolute atomic E-state index is 0.124. The third-order valence-electron chi connectivity index (χ3n) is 11.5. The molecule has 3 aromatic heterocycles. The van der Waals surface area contributed by atoms with E-state index in [9.17, 15) is 0 Å². The summed E-state index contributed by atoms with van der Waals surface area (Å²) in [5, 5.41) is 15.3. The zero-order valence-electron chi connectivity index (χ0n) is 30.7. The van der Waals surface area contributed by atoms with E-state index >= 15 is 0 Å². The van der Waals surface area contributed by atoms with Crippen molar-refractivity contribution in [1.82, 2.24) is 15.2 Å². The first-order valence-corrected chi connectivity index (χ1v) is 21.0. The number of para-hydroxylation sites is 2. The van der Waals surface area contributed by atoms with Crippen LogP contribution in [0, 0.1) is 0 Å². The molecule has 1 aliphatic heterocycles. The van der Waals surface area contributed by atoms with Crippen LogP contribution in [-0.2, 0) is 0 Å². The number of amidine groups is 1. The molecule has 11 aromatic rings. The van der Waals surface area contributed by atoms with Gasteiger partial charge in [-0.25, -0.2) is 4.99 Å². The van der Waals surface area contributed by atoms with E-state index in [2.05, 4.69) is 191 Å². The lowest BCUT2D eigenvalue weighted by molar-refractivity contribution is 0.411. The first kappa shape index (κ1) is 32.7. The van der Waals surface area contributed by atoms with Crippen LogP contribution >= 0.6 is 22.7 Å². The maximum atomic E-state index is 5.14. The van der Waals surface area contributed by atoms with Gasteiger partial charge in [0.2, 0.25) is 0 Å². The van der Waals surface area contributed by atoms with E-state index in [0.29, 0.717) is 0 Å². The molecule has 4 nitrogen and oxygen atoms in total. The first-order valence-electron chi connectivity index (χ1n) is 19.3. The highest BCUT2D eigenvalue weighted by atomic mass is 32.1. The van der Waals surface area contributed by atoms with Crippen LogP contribution in [0.2, 0.25) is 0 Å². The van der Waals surface area contributed by atoms with Gasteiger partial charge in [-0.1, -0.05) is 133 Å². The van der Waals surface area contributed by atoms with Crippen LogP contribution in [0.5, 0.6) is 0 Å². The number of thiophene rings is 2. The van der Waals surface area contributed by atoms with Gasteiger partial charge in [-0.05, 0) is 65.2 Å². The van der Waals surface area contributed by atoms with Gasteiger partial charge < -0.3 is 9.88 Å². The summed E-state index contributed by atoms with van der Waals surface area (Å²) in [6.45, 7) is 0. The fourth-order valence-electron chi connectivity index (χ4n) is 8.78. The summed E-state index contributed by atoms with van der Waals surface area (Å²) < 4.78 is 7.59. The van der Waals surface area contributed by atoms with E-state index in [1.54, 1.807) is 0 Å². The van der Waals surface area contributed by atoms with Crippen molar-refractivity contribution < 1.29 is 0 Å². The zero-order chi connectivity index (χ0) is 37.5. The van der Waals surface area contributed by atoms with Gasteiger partial charge in [0.1, 0.15) is 18.2 Å². The Morgan fingerprint density at radius 1 is 0.456 bits per heavy atom. The van der Waals surface area contributed by atoms with Gasteiger partial charge in [-0.2, -0.15) is 0 Å². The van der Waals surface area contributed by atoms with Gasteiger partial charge in [-0.15, -0.1) is 22.7 Å². The van der Waals surface area contributed by atoms with Crippen LogP contribution in [0.1, 0.15) is 29.0 Å². The molecule has 0 saturated carbocycles. The number of nitrogens with one attached hydrogen (secondary N) is 2. The lowest BCUT2D eigenvalue weighted by Gasteiger charge is -2.32. The Labute approximate surface area is 337 Å². The van der Waals surface area contributed by atoms with Crippen LogP contribution in [-0.4, -0.2) is 10.4 Å². The van der Waals surface area contributed by atoms with Crippen LogP contribution in [0.25, 0.3) is 79.0 Å². The molecule has 0 radical (unpaired) electrons. The van der Waals surface area contributed by atoms with Crippen LogP contribution in [0.3, 0.4) is 0 Å². The molecule has 1 aliphatic rings. The number of nitrogens with zero attached hydrogens (tertiary/aromatic N) is 2. The number of hydrogen-bond acceptors (Lipinski definition) is 5. The monoisotopic (exact) mass is 766 g/mol. The number of aliphatic imine (C=N–C) groups is 1. The van der Waals surface area contributed by atoms with Gasteiger partial charge in [0.25, 0.3) is 0 Å². The highest BCUT2D eigenvalue weighted by Gasteiger charge is 2.27. The lowest BCUT2D eigenvalue weighted by Crippen LogP contribution is -2.45. The molecule has 0 spiro atoms. The average molecular weight is 767 g/mol. The molecule has 6 heteroatoms. The fraction of sp³-hybridized carbons (Fsp3) is 0.0392. The Hall–Kier alpha value is -6.57. The van der Waals surface area contributed by atoms with E-state index < -0.39 is 0 Å². The second-order valence-corrected chi connectivity index (χ2v) is 16.9. The molecule has 270 valence electrons. The van der Waals surface area contributed by atoms with Gasteiger partial charge in [0.05, 0.1) is 11.0 Å². The number of hydrogen-bond donors (Lipinski definition) is 2. The van der Waals surface area contributed by atoms with Crippen LogP contribution in [0.15, 0.2) is 187 Å². The molecule has 0 bridgehead atoms. The average Bonchev–Trinajstić information content (AvgIpc) is 3.95. The molecule has 8 aromatic carbocycles. The molecular formula is C51H34N4S2. The molecule has 0 saturated heterocycles. The molecule has 0 aliphatic carbocycles. The van der Waals surface area contributed by atoms with Gasteiger partial charge in [0.15, 0.2) is 0 Å². The predicted molar refractivity (Wildman–Crippen MR) is 243 cm³/mol. The largest absolute Gasteiger partial charge is 0.350 e. The third-order valence-corrected chi connectivity index (χ3v) is 13.9. The second kappa shape index (κ2) is 13.0. The van der Waals surface area contributed by atoms with Crippen molar-refractivity contribution in [3.8, 4) is 16.8 Å². The van der Waals surface area contributed by atoms with E-state index in [1.807, 2.05) is 28.7 Å². The zero-order valence-corrected chi connectivity index (χ0v) is 32.3. The summed E-state index contributed by atoms with van der Waals surface area (Å²) in [6, 6.07) is 66.1. The maximum Gasteiger partial charge on any atom is 0.131 e. The molecule has 2 atom stereocenters. The van der Waals surface area contributed by atoms with Gasteiger partial charge in [0, 0.05) is 67.9 Å². The fourth-order valence-corrected chi connectivity index (χ4v) is 11.1. The molecule has 4 heterocycles. The number of fused-ring (bicyclic) bond motifs is 9. The Kier molecular flexibility index (Phi) is 7.45. The Morgan fingerprint density at radius 2 is 1.11 bits per heavy atom. The van der Waals surface area contributed by atoms with Crippen molar-refractivity contribution in [3.05, 3.63) is 199 Å². The standard InChI is InChI=1S/C51H34N4S2/c1-3-12-31(13-4-1)49-52-50(32-14-5-2-6-15-32)54-51(53-49)40-19-11-18-39-38-25-22-34(29-47(38)57-48(39)40)33-23-26-45-41(28-33)42-30-35(24-27-46(42)56-45)55-43-20-9-7-16-36(43)37-17-8-10-21-44(37)55/h1-30,49,51,53H,(H,52,54). The van der Waals surface area contributed by atoms with E-state index in [4.69, 9.17) is 4.99 Å². The molecule has 2 N–H and O–H groups in total. The Bertz CT molecular complexity index is 3320. The molecule has 0 fully saturated rings. The van der Waals surface area contributed by atoms with Crippen molar-refractivity contribution in [2.45, 2.75) is 12.3 Å². The van der Waals surface area contributed by atoms with Crippen molar-refractivity contribution in [3.63, 3.8) is 0 Å². The van der Waals surface area contributed by atoms with Crippen molar-refractivity contribution in [1.29, 1.82) is 0 Å². The minimum Gasteiger partial charge on any atom is -0.350 e. The highest BCUT2D eigenvalue weighted by Crippen LogP contribution is 2.43. The summed E-state index contributed by atoms with van der Waals surface area (Å²) in [5.74, 6) is 0.895. The predicted octanol–water partition coefficient (Wildman–Crippen LogP) is 13.5. The summed E-state index contributed by atoms with van der Waals surface area (Å²) in [7, 11) is 0. The summed E-state index contributed by atoms with van der Waals surface area (Å²) in [4.78, 5) is 5.14. The van der Waals surface area contributed by atoms with E-state index in [-0.39, 0.29) is 12.3 Å². The quantitative estimate of drug-likeness (QED) is 0.183. The molecule has 57 heavy (non-hydrogen) atoms. The summed E-state index contributed by atoms with van der Waals surface area (Å²) >= 11 is 3.74. The smallest absolute Gasteiger partial charge is 0.131 e. The van der Waals surface area contributed by atoms with Crippen LogP contribution < -0.4 is 10.6 Å². The second-order valence-electron chi connectivity index (χ2n) is 14.8. The number of aromatic nitrogens is 1. The van der Waals surface area contributed by atoms with Gasteiger partial charge >= 0.3 is 0 Å². The first-order chi connectivity index (χ1) is 28.2. The minimum atomic E-state index is -0.176. The van der Waals surface area contributed by atoms with Crippen LogP contribution in [0.4, 0.5) is 0 Å². The van der Waals surface area contributed by atoms with Crippen molar-refractivity contribution >= 4 is 90.7 Å². The Morgan fingerprint density at radius 3 is 1.89 bits per heavy atom. The van der Waals surface area contributed by atoms with Gasteiger partial charge in [-0.3, -0.25) is 5.32 Å². The molecular weight excluding hydrogens is 733 g/mol. The Balaban J connectivity index is 0.942. The summed E-state index contributed by atoms with van der Waals surface area (Å²) in [6.07, 6.45) is -0.300. The third kappa shape index (κ3) is 5.33. The normalized spacial score (nSPS) is 15.9. The van der Waals surface area contributed by atoms with Crippen molar-refractivity contribution in [2.75, 3.05) is 0 Å². The molecule has 0 amide bonds. The summed E-state index contributed by atoms with van der Waals surface area (Å²) in [5.41, 5.74) is 9.56. The maximum absolute atomic E-state index is 5.14. The molecule has 2 unspecified atom stereocenters. The van der Waals surface area contributed by atoms with E-state index in [0.717, 1.165) is 17.0 Å². The SMILES string of the molecule is c1ccc(C2=NC(c3ccccc3)NC(c3cccc4c3sc3cc(-c5ccc6sc7ccc(-n8c9ccccc9c9ccccc98)cc7c6c5)ccc34)N2)cc1. The number of rotatable bonds is 5. The topological polar surface area (TPSA) is 41.4 Å².